The lowest BCUT2D eigenvalue weighted by Crippen LogP contribution is -1.92. The Hall–Kier alpha value is -1.79. The van der Waals surface area contributed by atoms with Crippen molar-refractivity contribution in [1.29, 1.82) is 0 Å². The van der Waals surface area contributed by atoms with Crippen LogP contribution in [0.4, 0.5) is 5.13 Å². The van der Waals surface area contributed by atoms with Crippen LogP contribution in [0.3, 0.4) is 0 Å². The van der Waals surface area contributed by atoms with Crippen LogP contribution in [0.5, 0.6) is 11.5 Å². The molecule has 0 spiro atoms. The summed E-state index contributed by atoms with van der Waals surface area (Å²) in [6, 6.07) is 3.02. The first-order valence-corrected chi connectivity index (χ1v) is 6.63. The van der Waals surface area contributed by atoms with E-state index in [9.17, 15) is 5.11 Å². The maximum atomic E-state index is 9.78. The molecule has 0 amide bonds. The van der Waals surface area contributed by atoms with Crippen LogP contribution in [-0.2, 0) is 0 Å². The molecule has 0 fully saturated rings. The average Bonchev–Trinajstić information content (AvgIpc) is 2.79. The molecule has 0 radical (unpaired) electrons. The minimum absolute atomic E-state index is 0.0436. The van der Waals surface area contributed by atoms with Crippen LogP contribution >= 0.6 is 22.9 Å². The first-order chi connectivity index (χ1) is 9.10. The van der Waals surface area contributed by atoms with E-state index < -0.39 is 0 Å². The Morgan fingerprint density at radius 1 is 1.53 bits per heavy atom. The molecule has 0 aliphatic rings. The van der Waals surface area contributed by atoms with E-state index in [1.54, 1.807) is 6.07 Å². The van der Waals surface area contributed by atoms with Gasteiger partial charge in [0.25, 0.3) is 0 Å². The normalized spacial score (nSPS) is 10.9. The number of nitrogens with zero attached hydrogens (tertiary/aromatic N) is 2. The summed E-state index contributed by atoms with van der Waals surface area (Å²) in [6.07, 6.45) is 1.47. The average molecular weight is 298 g/mol. The van der Waals surface area contributed by atoms with Crippen molar-refractivity contribution in [2.75, 3.05) is 12.5 Å². The molecular formula is C12H12ClN3O2S. The molecule has 0 aliphatic carbocycles. The molecule has 100 valence electrons. The molecule has 1 heterocycles. The van der Waals surface area contributed by atoms with Gasteiger partial charge < -0.3 is 9.84 Å². The minimum Gasteiger partial charge on any atom is -0.507 e. The third-order valence-electron chi connectivity index (χ3n) is 2.28. The van der Waals surface area contributed by atoms with Gasteiger partial charge in [-0.1, -0.05) is 11.6 Å². The van der Waals surface area contributed by atoms with E-state index in [0.29, 0.717) is 21.5 Å². The summed E-state index contributed by atoms with van der Waals surface area (Å²) in [4.78, 5) is 4.19. The second kappa shape index (κ2) is 5.90. The topological polar surface area (TPSA) is 66.7 Å². The zero-order valence-electron chi connectivity index (χ0n) is 10.3. The number of nitrogens with one attached hydrogen (secondary N) is 1. The second-order valence-electron chi connectivity index (χ2n) is 3.71. The Bertz CT molecular complexity index is 613. The SMILES string of the molecule is COc1cc(O)c(C=NNc2nc(C)cs2)cc1Cl. The summed E-state index contributed by atoms with van der Waals surface area (Å²) in [5.74, 6) is 0.460. The third kappa shape index (κ3) is 3.36. The Kier molecular flexibility index (Phi) is 4.24. The fourth-order valence-corrected chi connectivity index (χ4v) is 2.27. The van der Waals surface area contributed by atoms with E-state index in [1.807, 2.05) is 12.3 Å². The number of hydrazone groups is 1. The molecule has 5 nitrogen and oxygen atoms in total. The summed E-state index contributed by atoms with van der Waals surface area (Å²) >= 11 is 7.43. The van der Waals surface area contributed by atoms with Crippen molar-refractivity contribution >= 4 is 34.3 Å². The molecule has 2 N–H and O–H groups in total. The minimum atomic E-state index is 0.0436. The van der Waals surface area contributed by atoms with Gasteiger partial charge in [0.1, 0.15) is 11.5 Å². The molecule has 1 aromatic carbocycles. The number of aromatic nitrogens is 1. The monoisotopic (exact) mass is 297 g/mol. The number of rotatable bonds is 4. The van der Waals surface area contributed by atoms with Crippen molar-refractivity contribution in [3.05, 3.63) is 33.8 Å². The number of hydrogen-bond acceptors (Lipinski definition) is 6. The number of aromatic hydroxyl groups is 1. The molecule has 0 saturated carbocycles. The van der Waals surface area contributed by atoms with E-state index in [-0.39, 0.29) is 5.75 Å². The van der Waals surface area contributed by atoms with Gasteiger partial charge >= 0.3 is 0 Å². The summed E-state index contributed by atoms with van der Waals surface area (Å²) in [6.45, 7) is 1.90. The maximum absolute atomic E-state index is 9.78. The number of anilines is 1. The fourth-order valence-electron chi connectivity index (χ4n) is 1.38. The van der Waals surface area contributed by atoms with Crippen LogP contribution in [0, 0.1) is 6.92 Å². The number of methoxy groups -OCH3 is 1. The number of aryl methyl sites for hydroxylation is 1. The number of phenols is 1. The van der Waals surface area contributed by atoms with Crippen molar-refractivity contribution < 1.29 is 9.84 Å². The van der Waals surface area contributed by atoms with E-state index in [1.165, 1.54) is 30.7 Å². The number of thiazole rings is 1. The Labute approximate surface area is 119 Å². The Balaban J connectivity index is 2.12. The predicted octanol–water partition coefficient (Wildman–Crippen LogP) is 3.27. The zero-order valence-corrected chi connectivity index (χ0v) is 11.9. The van der Waals surface area contributed by atoms with Crippen LogP contribution < -0.4 is 10.2 Å². The van der Waals surface area contributed by atoms with E-state index in [4.69, 9.17) is 16.3 Å². The lowest BCUT2D eigenvalue weighted by molar-refractivity contribution is 0.408. The molecule has 1 aromatic heterocycles. The standard InChI is InChI=1S/C12H12ClN3O2S/c1-7-6-19-12(15-7)16-14-5-8-3-9(13)11(18-2)4-10(8)17/h3-6,17H,1-2H3,(H,15,16). The maximum Gasteiger partial charge on any atom is 0.203 e. The van der Waals surface area contributed by atoms with E-state index >= 15 is 0 Å². The van der Waals surface area contributed by atoms with Crippen molar-refractivity contribution in [2.24, 2.45) is 5.10 Å². The summed E-state index contributed by atoms with van der Waals surface area (Å²) in [5, 5.41) is 16.8. The van der Waals surface area contributed by atoms with Gasteiger partial charge in [-0.25, -0.2) is 4.98 Å². The molecule has 2 aromatic rings. The molecule has 2 rings (SSSR count). The highest BCUT2D eigenvalue weighted by atomic mass is 35.5. The zero-order chi connectivity index (χ0) is 13.8. The first kappa shape index (κ1) is 13.6. The van der Waals surface area contributed by atoms with Crippen LogP contribution in [0.2, 0.25) is 5.02 Å². The lowest BCUT2D eigenvalue weighted by atomic mass is 10.2. The number of halogens is 1. The Morgan fingerprint density at radius 2 is 2.32 bits per heavy atom. The van der Waals surface area contributed by atoms with Gasteiger partial charge in [-0.05, 0) is 13.0 Å². The van der Waals surface area contributed by atoms with Crippen molar-refractivity contribution in [1.82, 2.24) is 4.98 Å². The molecule has 0 aliphatic heterocycles. The highest BCUT2D eigenvalue weighted by Crippen LogP contribution is 2.30. The molecule has 7 heteroatoms. The highest BCUT2D eigenvalue weighted by molar-refractivity contribution is 7.13. The van der Waals surface area contributed by atoms with Crippen LogP contribution in [-0.4, -0.2) is 23.4 Å². The number of ether oxygens (including phenoxy) is 1. The molecule has 0 unspecified atom stereocenters. The van der Waals surface area contributed by atoms with Crippen molar-refractivity contribution in [3.63, 3.8) is 0 Å². The van der Waals surface area contributed by atoms with Gasteiger partial charge in [0.15, 0.2) is 0 Å². The van der Waals surface area contributed by atoms with Gasteiger partial charge in [-0.3, -0.25) is 5.43 Å². The van der Waals surface area contributed by atoms with Gasteiger partial charge in [0.05, 0.1) is 24.0 Å². The number of benzene rings is 1. The largest absolute Gasteiger partial charge is 0.507 e. The lowest BCUT2D eigenvalue weighted by Gasteiger charge is -2.05. The smallest absolute Gasteiger partial charge is 0.203 e. The quantitative estimate of drug-likeness (QED) is 0.671. The van der Waals surface area contributed by atoms with Gasteiger partial charge in [-0.2, -0.15) is 5.10 Å². The molecule has 0 atom stereocenters. The predicted molar refractivity (Wildman–Crippen MR) is 77.7 cm³/mol. The van der Waals surface area contributed by atoms with Gasteiger partial charge in [0, 0.05) is 17.0 Å². The van der Waals surface area contributed by atoms with Gasteiger partial charge in [0.2, 0.25) is 5.13 Å². The summed E-state index contributed by atoms with van der Waals surface area (Å²) in [7, 11) is 1.49. The van der Waals surface area contributed by atoms with E-state index in [2.05, 4.69) is 15.5 Å². The van der Waals surface area contributed by atoms with Crippen molar-refractivity contribution in [2.45, 2.75) is 6.92 Å². The number of hydrogen-bond donors (Lipinski definition) is 2. The van der Waals surface area contributed by atoms with Gasteiger partial charge in [-0.15, -0.1) is 11.3 Å². The number of phenolic OH excluding ortho intramolecular Hbond substituents is 1. The Morgan fingerprint density at radius 3 is 2.95 bits per heavy atom. The van der Waals surface area contributed by atoms with Crippen LogP contribution in [0.25, 0.3) is 0 Å². The van der Waals surface area contributed by atoms with E-state index in [0.717, 1.165) is 5.69 Å². The molecular weight excluding hydrogens is 286 g/mol. The molecule has 19 heavy (non-hydrogen) atoms. The summed E-state index contributed by atoms with van der Waals surface area (Å²) in [5.41, 5.74) is 4.20. The van der Waals surface area contributed by atoms with Crippen molar-refractivity contribution in [3.8, 4) is 11.5 Å². The van der Waals surface area contributed by atoms with Crippen LogP contribution in [0.15, 0.2) is 22.6 Å². The summed E-state index contributed by atoms with van der Waals surface area (Å²) < 4.78 is 5.00. The first-order valence-electron chi connectivity index (χ1n) is 5.38. The second-order valence-corrected chi connectivity index (χ2v) is 4.97. The third-order valence-corrected chi connectivity index (χ3v) is 3.44. The highest BCUT2D eigenvalue weighted by Gasteiger charge is 2.06. The van der Waals surface area contributed by atoms with Crippen LogP contribution in [0.1, 0.15) is 11.3 Å². The molecule has 0 bridgehead atoms. The molecule has 0 saturated heterocycles. The fraction of sp³-hybridized carbons (Fsp3) is 0.167.